The van der Waals surface area contributed by atoms with Gasteiger partial charge in [0.25, 0.3) is 5.91 Å². The number of amides is 1. The van der Waals surface area contributed by atoms with E-state index in [1.165, 1.54) is 4.90 Å². The highest BCUT2D eigenvalue weighted by Gasteiger charge is 2.24. The van der Waals surface area contributed by atoms with Gasteiger partial charge < -0.3 is 19.2 Å². The number of aliphatic carboxylic acids is 1. The molecule has 1 amide bonds. The Balaban J connectivity index is 1.93. The molecule has 7 nitrogen and oxygen atoms in total. The van der Waals surface area contributed by atoms with Gasteiger partial charge in [0.1, 0.15) is 11.3 Å². The van der Waals surface area contributed by atoms with Crippen LogP contribution in [-0.2, 0) is 11.3 Å². The Kier molecular flexibility index (Phi) is 5.40. The molecular formula is C20H20N2O5. The van der Waals surface area contributed by atoms with Crippen LogP contribution in [0.5, 0.6) is 5.75 Å². The third kappa shape index (κ3) is 4.08. The molecule has 2 aromatic heterocycles. The molecule has 0 saturated carbocycles. The van der Waals surface area contributed by atoms with E-state index in [9.17, 15) is 9.59 Å². The van der Waals surface area contributed by atoms with Crippen LogP contribution in [0.25, 0.3) is 11.0 Å². The number of aromatic nitrogens is 1. The minimum Gasteiger partial charge on any atom is -0.497 e. The van der Waals surface area contributed by atoms with Crippen molar-refractivity contribution in [3.63, 3.8) is 0 Å². The zero-order valence-electron chi connectivity index (χ0n) is 15.1. The molecule has 2 heterocycles. The van der Waals surface area contributed by atoms with Crippen LogP contribution >= 0.6 is 0 Å². The van der Waals surface area contributed by atoms with Gasteiger partial charge in [-0.05, 0) is 30.7 Å². The molecule has 0 unspecified atom stereocenters. The highest BCUT2D eigenvalue weighted by atomic mass is 16.5. The number of aryl methyl sites for hydroxylation is 1. The standard InChI is InChI=1S/C20H20N2O5/c1-13-16-6-5-15(26-2)10-17(16)27-19(13)20(25)22(9-7-18(23)24)12-14-4-3-8-21-11-14/h3-6,8,10-11H,7,9,12H2,1-2H3,(H,23,24). The molecule has 7 heteroatoms. The SMILES string of the molecule is COc1ccc2c(C)c(C(=O)N(CCC(=O)O)Cc3cccnc3)oc2c1. The van der Waals surface area contributed by atoms with E-state index in [4.69, 9.17) is 14.3 Å². The predicted octanol–water partition coefficient (Wildman–Crippen LogP) is 3.26. The molecule has 27 heavy (non-hydrogen) atoms. The van der Waals surface area contributed by atoms with Crippen LogP contribution in [0, 0.1) is 6.92 Å². The topological polar surface area (TPSA) is 92.9 Å². The number of benzene rings is 1. The summed E-state index contributed by atoms with van der Waals surface area (Å²) in [4.78, 5) is 29.6. The molecule has 0 radical (unpaired) electrons. The van der Waals surface area contributed by atoms with Gasteiger partial charge in [0, 0.05) is 42.5 Å². The third-order valence-electron chi connectivity index (χ3n) is 4.32. The molecule has 0 saturated heterocycles. The second kappa shape index (κ2) is 7.90. The molecule has 0 spiro atoms. The van der Waals surface area contributed by atoms with Crippen molar-refractivity contribution in [1.82, 2.24) is 9.88 Å². The average Bonchev–Trinajstić information content (AvgIpc) is 3.01. The van der Waals surface area contributed by atoms with Crippen LogP contribution in [0.2, 0.25) is 0 Å². The number of furan rings is 1. The van der Waals surface area contributed by atoms with Crippen LogP contribution in [0.15, 0.2) is 47.1 Å². The van der Waals surface area contributed by atoms with E-state index in [-0.39, 0.29) is 31.2 Å². The van der Waals surface area contributed by atoms with E-state index in [1.54, 1.807) is 37.7 Å². The maximum absolute atomic E-state index is 13.1. The van der Waals surface area contributed by atoms with E-state index in [0.717, 1.165) is 10.9 Å². The number of hydrogen-bond acceptors (Lipinski definition) is 5. The van der Waals surface area contributed by atoms with Gasteiger partial charge in [-0.15, -0.1) is 0 Å². The van der Waals surface area contributed by atoms with Gasteiger partial charge in [-0.25, -0.2) is 0 Å². The summed E-state index contributed by atoms with van der Waals surface area (Å²) in [7, 11) is 1.56. The summed E-state index contributed by atoms with van der Waals surface area (Å²) in [5.74, 6) is -0.487. The first kappa shape index (κ1) is 18.4. The molecule has 0 aliphatic heterocycles. The summed E-state index contributed by atoms with van der Waals surface area (Å²) in [6.45, 7) is 2.13. The molecule has 0 bridgehead atoms. The molecule has 3 aromatic rings. The van der Waals surface area contributed by atoms with E-state index < -0.39 is 5.97 Å². The van der Waals surface area contributed by atoms with E-state index in [0.29, 0.717) is 16.9 Å². The predicted molar refractivity (Wildman–Crippen MR) is 98.7 cm³/mol. The summed E-state index contributed by atoms with van der Waals surface area (Å²) < 4.78 is 11.0. The lowest BCUT2D eigenvalue weighted by Gasteiger charge is -2.21. The number of hydrogen-bond donors (Lipinski definition) is 1. The smallest absolute Gasteiger partial charge is 0.305 e. The highest BCUT2D eigenvalue weighted by Crippen LogP contribution is 2.29. The highest BCUT2D eigenvalue weighted by molar-refractivity contribution is 5.99. The fourth-order valence-corrected chi connectivity index (χ4v) is 2.88. The fourth-order valence-electron chi connectivity index (χ4n) is 2.88. The summed E-state index contributed by atoms with van der Waals surface area (Å²) in [6, 6.07) is 8.98. The summed E-state index contributed by atoms with van der Waals surface area (Å²) in [6.07, 6.45) is 3.14. The quantitative estimate of drug-likeness (QED) is 0.688. The minimum absolute atomic E-state index is 0.0723. The van der Waals surface area contributed by atoms with Crippen molar-refractivity contribution in [1.29, 1.82) is 0 Å². The zero-order chi connectivity index (χ0) is 19.4. The van der Waals surface area contributed by atoms with Crippen LogP contribution < -0.4 is 4.74 Å². The lowest BCUT2D eigenvalue weighted by atomic mass is 10.1. The van der Waals surface area contributed by atoms with Gasteiger partial charge in [-0.1, -0.05) is 6.07 Å². The second-order valence-corrected chi connectivity index (χ2v) is 6.15. The molecule has 0 aliphatic carbocycles. The number of carboxylic acids is 1. The van der Waals surface area contributed by atoms with E-state index in [2.05, 4.69) is 4.98 Å². The zero-order valence-corrected chi connectivity index (χ0v) is 15.1. The van der Waals surface area contributed by atoms with Gasteiger partial charge in [-0.3, -0.25) is 14.6 Å². The van der Waals surface area contributed by atoms with Crippen molar-refractivity contribution in [2.45, 2.75) is 19.9 Å². The van der Waals surface area contributed by atoms with Gasteiger partial charge >= 0.3 is 5.97 Å². The minimum atomic E-state index is -0.968. The molecule has 1 aromatic carbocycles. The first-order chi connectivity index (χ1) is 13.0. The lowest BCUT2D eigenvalue weighted by molar-refractivity contribution is -0.137. The third-order valence-corrected chi connectivity index (χ3v) is 4.32. The lowest BCUT2D eigenvalue weighted by Crippen LogP contribution is -2.32. The number of fused-ring (bicyclic) bond motifs is 1. The normalized spacial score (nSPS) is 10.7. The summed E-state index contributed by atoms with van der Waals surface area (Å²) >= 11 is 0. The van der Waals surface area contributed by atoms with Gasteiger partial charge in [-0.2, -0.15) is 0 Å². The van der Waals surface area contributed by atoms with Crippen LogP contribution in [-0.4, -0.2) is 40.5 Å². The Morgan fingerprint density at radius 2 is 2.11 bits per heavy atom. The van der Waals surface area contributed by atoms with Crippen molar-refractivity contribution < 1.29 is 23.8 Å². The first-order valence-electron chi connectivity index (χ1n) is 8.46. The largest absolute Gasteiger partial charge is 0.497 e. The summed E-state index contributed by atoms with van der Waals surface area (Å²) in [5, 5.41) is 9.84. The maximum Gasteiger partial charge on any atom is 0.305 e. The van der Waals surface area contributed by atoms with E-state index >= 15 is 0 Å². The monoisotopic (exact) mass is 368 g/mol. The Hall–Kier alpha value is -3.35. The molecule has 1 N–H and O–H groups in total. The van der Waals surface area contributed by atoms with Crippen LogP contribution in [0.4, 0.5) is 0 Å². The van der Waals surface area contributed by atoms with E-state index in [1.807, 2.05) is 19.1 Å². The molecule has 0 aliphatic rings. The maximum atomic E-state index is 13.1. The molecule has 140 valence electrons. The average molecular weight is 368 g/mol. The number of ether oxygens (including phenoxy) is 1. The second-order valence-electron chi connectivity index (χ2n) is 6.15. The van der Waals surface area contributed by atoms with Gasteiger partial charge in [0.2, 0.25) is 0 Å². The number of rotatable bonds is 7. The van der Waals surface area contributed by atoms with Gasteiger partial charge in [0.15, 0.2) is 5.76 Å². The van der Waals surface area contributed by atoms with Crippen molar-refractivity contribution in [2.75, 3.05) is 13.7 Å². The molecule has 0 atom stereocenters. The fraction of sp³-hybridized carbons (Fsp3) is 0.250. The van der Waals surface area contributed by atoms with Crippen molar-refractivity contribution in [3.05, 3.63) is 59.6 Å². The first-order valence-corrected chi connectivity index (χ1v) is 8.46. The molecule has 0 fully saturated rings. The number of nitrogens with zero attached hydrogens (tertiary/aromatic N) is 2. The Morgan fingerprint density at radius 3 is 2.78 bits per heavy atom. The molecular weight excluding hydrogens is 348 g/mol. The number of carbonyl (C=O) groups excluding carboxylic acids is 1. The van der Waals surface area contributed by atoms with Crippen molar-refractivity contribution in [3.8, 4) is 5.75 Å². The Bertz CT molecular complexity index is 965. The number of methoxy groups -OCH3 is 1. The Morgan fingerprint density at radius 1 is 1.30 bits per heavy atom. The molecule has 3 rings (SSSR count). The number of carbonyl (C=O) groups is 2. The van der Waals surface area contributed by atoms with Crippen molar-refractivity contribution >= 4 is 22.8 Å². The summed E-state index contributed by atoms with van der Waals surface area (Å²) in [5.41, 5.74) is 2.07. The van der Waals surface area contributed by atoms with Crippen molar-refractivity contribution in [2.24, 2.45) is 0 Å². The van der Waals surface area contributed by atoms with Crippen LogP contribution in [0.3, 0.4) is 0 Å². The number of carboxylic acid groups (broad SMARTS) is 1. The Labute approximate surface area is 156 Å². The number of pyridine rings is 1. The van der Waals surface area contributed by atoms with Crippen LogP contribution in [0.1, 0.15) is 28.1 Å². The van der Waals surface area contributed by atoms with Gasteiger partial charge in [0.05, 0.1) is 13.5 Å².